The van der Waals surface area contributed by atoms with Crippen molar-refractivity contribution in [2.75, 3.05) is 12.4 Å². The molecule has 1 N–H and O–H groups in total. The van der Waals surface area contributed by atoms with Crippen molar-refractivity contribution in [1.82, 2.24) is 0 Å². The van der Waals surface area contributed by atoms with Crippen LogP contribution in [0.2, 0.25) is 0 Å². The van der Waals surface area contributed by atoms with Gasteiger partial charge in [0.05, 0.1) is 18.9 Å². The second-order valence-corrected chi connectivity index (χ2v) is 4.85. The maximum absolute atomic E-state index is 11.5. The minimum Gasteiger partial charge on any atom is -0.469 e. The van der Waals surface area contributed by atoms with E-state index in [2.05, 4.69) is 12.2 Å². The average molecular weight is 273 g/mol. The van der Waals surface area contributed by atoms with E-state index in [1.54, 1.807) is 12.3 Å². The van der Waals surface area contributed by atoms with Crippen LogP contribution in [0.4, 0.5) is 5.69 Å². The van der Waals surface area contributed by atoms with E-state index in [0.29, 0.717) is 5.56 Å². The highest BCUT2D eigenvalue weighted by molar-refractivity contribution is 5.90. The van der Waals surface area contributed by atoms with Crippen molar-refractivity contribution < 1.29 is 13.9 Å². The average Bonchev–Trinajstić information content (AvgIpc) is 2.93. The molecular weight excluding hydrogens is 254 g/mol. The van der Waals surface area contributed by atoms with E-state index in [0.717, 1.165) is 23.4 Å². The molecule has 106 valence electrons. The molecule has 2 rings (SSSR count). The lowest BCUT2D eigenvalue weighted by Crippen LogP contribution is -2.18. The summed E-state index contributed by atoms with van der Waals surface area (Å²) in [6.07, 6.45) is 2.49. The number of furan rings is 1. The molecule has 1 atom stereocenters. The van der Waals surface area contributed by atoms with Gasteiger partial charge >= 0.3 is 5.97 Å². The lowest BCUT2D eigenvalue weighted by Gasteiger charge is -2.16. The van der Waals surface area contributed by atoms with E-state index in [1.165, 1.54) is 7.11 Å². The van der Waals surface area contributed by atoms with Crippen LogP contribution in [0.5, 0.6) is 0 Å². The molecule has 0 bridgehead atoms. The molecule has 0 aliphatic carbocycles. The minimum atomic E-state index is -0.316. The zero-order chi connectivity index (χ0) is 14.5. The number of nitrogens with one attached hydrogen (secondary N) is 1. The third-order valence-corrected chi connectivity index (χ3v) is 3.14. The predicted octanol–water partition coefficient (Wildman–Crippen LogP) is 3.42. The summed E-state index contributed by atoms with van der Waals surface area (Å²) in [7, 11) is 1.38. The van der Waals surface area contributed by atoms with Crippen LogP contribution in [0.25, 0.3) is 0 Å². The molecule has 1 aromatic carbocycles. The maximum atomic E-state index is 11.5. The Hall–Kier alpha value is -2.23. The smallest absolute Gasteiger partial charge is 0.337 e. The number of rotatable bonds is 5. The van der Waals surface area contributed by atoms with Crippen LogP contribution < -0.4 is 5.32 Å². The van der Waals surface area contributed by atoms with Crippen LogP contribution in [0, 0.1) is 6.92 Å². The van der Waals surface area contributed by atoms with Crippen molar-refractivity contribution in [2.24, 2.45) is 0 Å². The molecule has 20 heavy (non-hydrogen) atoms. The normalized spacial score (nSPS) is 11.9. The monoisotopic (exact) mass is 273 g/mol. The van der Waals surface area contributed by atoms with Crippen molar-refractivity contribution in [2.45, 2.75) is 26.3 Å². The molecule has 1 heterocycles. The molecule has 4 nitrogen and oxygen atoms in total. The van der Waals surface area contributed by atoms with Gasteiger partial charge in [0.2, 0.25) is 0 Å². The Balaban J connectivity index is 2.04. The number of benzene rings is 1. The topological polar surface area (TPSA) is 51.5 Å². The lowest BCUT2D eigenvalue weighted by atomic mass is 10.1. The number of carbonyl (C=O) groups excluding carboxylic acids is 1. The number of carbonyl (C=O) groups is 1. The van der Waals surface area contributed by atoms with E-state index in [4.69, 9.17) is 9.15 Å². The molecular formula is C16H19NO3. The molecule has 1 unspecified atom stereocenters. The van der Waals surface area contributed by atoms with Gasteiger partial charge in [-0.2, -0.15) is 0 Å². The molecule has 0 fully saturated rings. The highest BCUT2D eigenvalue weighted by Gasteiger charge is 2.10. The molecule has 0 aliphatic heterocycles. The summed E-state index contributed by atoms with van der Waals surface area (Å²) >= 11 is 0. The van der Waals surface area contributed by atoms with Crippen LogP contribution in [-0.4, -0.2) is 19.1 Å². The standard InChI is InChI=1S/C16H19NO3/c1-11-9-13(16(18)19-3)6-7-15(11)17-12(2)10-14-5-4-8-20-14/h4-9,12,17H,10H2,1-3H3. The Morgan fingerprint density at radius 1 is 1.40 bits per heavy atom. The molecule has 0 radical (unpaired) electrons. The Bertz CT molecular complexity index is 575. The molecule has 0 amide bonds. The van der Waals surface area contributed by atoms with E-state index in [1.807, 2.05) is 31.2 Å². The zero-order valence-corrected chi connectivity index (χ0v) is 12.0. The number of hydrogen-bond donors (Lipinski definition) is 1. The first-order valence-corrected chi connectivity index (χ1v) is 6.58. The Morgan fingerprint density at radius 3 is 2.80 bits per heavy atom. The number of hydrogen-bond acceptors (Lipinski definition) is 4. The van der Waals surface area contributed by atoms with Gasteiger partial charge in [-0.05, 0) is 49.7 Å². The molecule has 0 aliphatic rings. The fourth-order valence-electron chi connectivity index (χ4n) is 2.12. The van der Waals surface area contributed by atoms with Gasteiger partial charge < -0.3 is 14.5 Å². The van der Waals surface area contributed by atoms with Crippen LogP contribution in [0.15, 0.2) is 41.0 Å². The van der Waals surface area contributed by atoms with Crippen molar-refractivity contribution in [1.29, 1.82) is 0 Å². The van der Waals surface area contributed by atoms with E-state index < -0.39 is 0 Å². The number of aryl methyl sites for hydroxylation is 1. The first-order chi connectivity index (χ1) is 9.60. The van der Waals surface area contributed by atoms with Gasteiger partial charge in [0, 0.05) is 18.2 Å². The summed E-state index contributed by atoms with van der Waals surface area (Å²) in [4.78, 5) is 11.5. The van der Waals surface area contributed by atoms with Crippen LogP contribution in [-0.2, 0) is 11.2 Å². The zero-order valence-electron chi connectivity index (χ0n) is 12.0. The Labute approximate surface area is 118 Å². The van der Waals surface area contributed by atoms with Crippen LogP contribution in [0.1, 0.15) is 28.6 Å². The molecule has 4 heteroatoms. The third kappa shape index (κ3) is 3.41. The summed E-state index contributed by atoms with van der Waals surface area (Å²) < 4.78 is 10.0. The fourth-order valence-corrected chi connectivity index (χ4v) is 2.12. The highest BCUT2D eigenvalue weighted by atomic mass is 16.5. The van der Waals surface area contributed by atoms with E-state index in [-0.39, 0.29) is 12.0 Å². The first kappa shape index (κ1) is 14.2. The van der Waals surface area contributed by atoms with Crippen molar-refractivity contribution >= 4 is 11.7 Å². The van der Waals surface area contributed by atoms with Gasteiger partial charge in [0.25, 0.3) is 0 Å². The Morgan fingerprint density at radius 2 is 2.20 bits per heavy atom. The largest absolute Gasteiger partial charge is 0.469 e. The van der Waals surface area contributed by atoms with Gasteiger partial charge in [0.15, 0.2) is 0 Å². The second kappa shape index (κ2) is 6.28. The van der Waals surface area contributed by atoms with Crippen LogP contribution >= 0.6 is 0 Å². The van der Waals surface area contributed by atoms with Crippen molar-refractivity contribution in [3.63, 3.8) is 0 Å². The highest BCUT2D eigenvalue weighted by Crippen LogP contribution is 2.19. The summed E-state index contributed by atoms with van der Waals surface area (Å²) in [5.41, 5.74) is 2.59. The molecule has 2 aromatic rings. The van der Waals surface area contributed by atoms with Gasteiger partial charge in [-0.15, -0.1) is 0 Å². The number of methoxy groups -OCH3 is 1. The van der Waals surface area contributed by atoms with Gasteiger partial charge in [-0.1, -0.05) is 0 Å². The molecule has 0 saturated carbocycles. The number of ether oxygens (including phenoxy) is 1. The summed E-state index contributed by atoms with van der Waals surface area (Å²) in [6, 6.07) is 9.59. The molecule has 0 spiro atoms. The van der Waals surface area contributed by atoms with E-state index in [9.17, 15) is 4.79 Å². The van der Waals surface area contributed by atoms with Gasteiger partial charge in [-0.25, -0.2) is 4.79 Å². The quantitative estimate of drug-likeness (QED) is 0.848. The van der Waals surface area contributed by atoms with Gasteiger partial charge in [0.1, 0.15) is 5.76 Å². The summed E-state index contributed by atoms with van der Waals surface area (Å²) in [6.45, 7) is 4.06. The first-order valence-electron chi connectivity index (χ1n) is 6.58. The van der Waals surface area contributed by atoms with E-state index >= 15 is 0 Å². The Kier molecular flexibility index (Phi) is 4.45. The molecule has 1 aromatic heterocycles. The second-order valence-electron chi connectivity index (χ2n) is 4.85. The number of esters is 1. The van der Waals surface area contributed by atoms with Crippen molar-refractivity contribution in [3.8, 4) is 0 Å². The molecule has 0 saturated heterocycles. The van der Waals surface area contributed by atoms with Crippen molar-refractivity contribution in [3.05, 3.63) is 53.5 Å². The fraction of sp³-hybridized carbons (Fsp3) is 0.312. The SMILES string of the molecule is COC(=O)c1ccc(NC(C)Cc2ccco2)c(C)c1. The predicted molar refractivity (Wildman–Crippen MR) is 78.0 cm³/mol. The third-order valence-electron chi connectivity index (χ3n) is 3.14. The number of anilines is 1. The van der Waals surface area contributed by atoms with Gasteiger partial charge in [-0.3, -0.25) is 0 Å². The summed E-state index contributed by atoms with van der Waals surface area (Å²) in [5.74, 6) is 0.636. The van der Waals surface area contributed by atoms with Crippen LogP contribution in [0.3, 0.4) is 0 Å². The lowest BCUT2D eigenvalue weighted by molar-refractivity contribution is 0.0600. The minimum absolute atomic E-state index is 0.240. The summed E-state index contributed by atoms with van der Waals surface area (Å²) in [5, 5.41) is 3.42. The maximum Gasteiger partial charge on any atom is 0.337 e.